The van der Waals surface area contributed by atoms with Gasteiger partial charge in [-0.3, -0.25) is 4.79 Å². The molecule has 2 nitrogen and oxygen atoms in total. The van der Waals surface area contributed by atoms with Crippen molar-refractivity contribution in [3.8, 4) is 0 Å². The summed E-state index contributed by atoms with van der Waals surface area (Å²) in [4.78, 5) is 12.2. The highest BCUT2D eigenvalue weighted by molar-refractivity contribution is 8.24. The van der Waals surface area contributed by atoms with Gasteiger partial charge in [0.2, 0.25) is 0 Å². The van der Waals surface area contributed by atoms with Crippen molar-refractivity contribution in [3.05, 3.63) is 108 Å². The van der Waals surface area contributed by atoms with Gasteiger partial charge in [-0.2, -0.15) is 0 Å². The molecule has 0 fully saturated rings. The Morgan fingerprint density at radius 2 is 1.18 bits per heavy atom. The first kappa shape index (κ1) is 27.3. The maximum Gasteiger partial charge on any atom is 0.323 e. The molecular weight excluding hydrogens is 485 g/mol. The van der Waals surface area contributed by atoms with Crippen LogP contribution in [0.1, 0.15) is 42.7 Å². The lowest BCUT2D eigenvalue weighted by molar-refractivity contribution is -0.142. The zero-order chi connectivity index (χ0) is 24.1. The van der Waals surface area contributed by atoms with E-state index in [1.54, 1.807) is 18.7 Å². The molecule has 0 saturated carbocycles. The van der Waals surface area contributed by atoms with Gasteiger partial charge in [0.1, 0.15) is 5.25 Å². The summed E-state index contributed by atoms with van der Waals surface area (Å²) in [7, 11) is 0. The maximum atomic E-state index is 12.2. The number of thioether (sulfide) groups is 2. The first-order chi connectivity index (χ1) is 15.9. The molecule has 0 aromatic heterocycles. The lowest BCUT2D eigenvalue weighted by Crippen LogP contribution is -2.15. The van der Waals surface area contributed by atoms with Gasteiger partial charge in [-0.1, -0.05) is 141 Å². The van der Waals surface area contributed by atoms with E-state index >= 15 is 0 Å². The van der Waals surface area contributed by atoms with Crippen LogP contribution < -0.4 is 0 Å². The zero-order valence-electron chi connectivity index (χ0n) is 19.0. The van der Waals surface area contributed by atoms with E-state index in [1.807, 2.05) is 78.9 Å². The fraction of sp³-hybridized carbons (Fsp3) is 0.222. The predicted molar refractivity (Wildman–Crippen MR) is 152 cm³/mol. The van der Waals surface area contributed by atoms with Crippen LogP contribution in [0.5, 0.6) is 0 Å². The molecule has 0 radical (unpaired) electrons. The highest BCUT2D eigenvalue weighted by atomic mass is 32.2. The fourth-order valence-electron chi connectivity index (χ4n) is 2.70. The minimum atomic E-state index is -0.432. The number of benzene rings is 3. The Morgan fingerprint density at radius 3 is 1.61 bits per heavy atom. The Morgan fingerprint density at radius 1 is 0.758 bits per heavy atom. The number of hydrogen-bond donors (Lipinski definition) is 0. The molecule has 0 aliphatic heterocycles. The van der Waals surface area contributed by atoms with E-state index in [2.05, 4.69) is 26.0 Å². The highest BCUT2D eigenvalue weighted by Crippen LogP contribution is 2.33. The molecule has 3 rings (SSSR count). The molecule has 1 unspecified atom stereocenters. The number of carbonyl (C=O) groups excluding carboxylic acids is 1. The standard InChI is InChI=1S/C17H16O2S2.C10H12S2/c1-2-19-16(18)15(13-9-5-3-6-10-13)21-17(20)14-11-7-4-8-12-14;1-8(2)12-10(11)9-6-4-3-5-7-9/h3-12,15H,2H2,1H3;3-8H,1-2H3. The van der Waals surface area contributed by atoms with E-state index < -0.39 is 5.25 Å². The van der Waals surface area contributed by atoms with Crippen molar-refractivity contribution in [1.29, 1.82) is 0 Å². The Labute approximate surface area is 216 Å². The minimum absolute atomic E-state index is 0.257. The third-order valence-corrected chi connectivity index (χ3v) is 7.31. The molecule has 1 atom stereocenters. The Bertz CT molecular complexity index is 1010. The minimum Gasteiger partial charge on any atom is -0.465 e. The summed E-state index contributed by atoms with van der Waals surface area (Å²) in [5.74, 6) is -0.257. The van der Waals surface area contributed by atoms with Crippen molar-refractivity contribution in [1.82, 2.24) is 0 Å². The third-order valence-electron chi connectivity index (χ3n) is 4.19. The van der Waals surface area contributed by atoms with Crippen LogP contribution in [0.25, 0.3) is 0 Å². The number of rotatable bonds is 7. The van der Waals surface area contributed by atoms with Crippen LogP contribution in [-0.4, -0.2) is 26.2 Å². The molecule has 3 aromatic carbocycles. The van der Waals surface area contributed by atoms with Crippen LogP contribution in [0.3, 0.4) is 0 Å². The van der Waals surface area contributed by atoms with Gasteiger partial charge in [0.25, 0.3) is 0 Å². The first-order valence-corrected chi connectivity index (χ1v) is 13.2. The van der Waals surface area contributed by atoms with Gasteiger partial charge in [-0.05, 0) is 23.6 Å². The Balaban J connectivity index is 0.000000273. The number of carbonyl (C=O) groups is 1. The van der Waals surface area contributed by atoms with Gasteiger partial charge >= 0.3 is 5.97 Å². The molecule has 0 aliphatic rings. The molecule has 6 heteroatoms. The van der Waals surface area contributed by atoms with Gasteiger partial charge in [-0.25, -0.2) is 0 Å². The second kappa shape index (κ2) is 15.0. The molecule has 0 saturated heterocycles. The number of thiocarbonyl (C=S) groups is 2. The largest absolute Gasteiger partial charge is 0.465 e. The molecule has 3 aromatic rings. The molecule has 0 bridgehead atoms. The highest BCUT2D eigenvalue weighted by Gasteiger charge is 2.24. The average molecular weight is 513 g/mol. The van der Waals surface area contributed by atoms with E-state index in [-0.39, 0.29) is 5.97 Å². The number of ether oxygens (including phenoxy) is 1. The lowest BCUT2D eigenvalue weighted by Gasteiger charge is -2.16. The molecule has 0 amide bonds. The van der Waals surface area contributed by atoms with E-state index in [9.17, 15) is 4.79 Å². The molecule has 0 heterocycles. The molecular formula is C27H28O2S4. The third kappa shape index (κ3) is 9.80. The van der Waals surface area contributed by atoms with Crippen LogP contribution >= 0.6 is 48.0 Å². The smallest absolute Gasteiger partial charge is 0.323 e. The summed E-state index contributed by atoms with van der Waals surface area (Å²) in [5, 5.41) is 0.136. The summed E-state index contributed by atoms with van der Waals surface area (Å²) < 4.78 is 6.86. The predicted octanol–water partition coefficient (Wildman–Crippen LogP) is 7.90. The summed E-state index contributed by atoms with van der Waals surface area (Å²) >= 11 is 13.8. The maximum absolute atomic E-state index is 12.2. The van der Waals surface area contributed by atoms with Gasteiger partial charge in [0.05, 0.1) is 15.0 Å². The van der Waals surface area contributed by atoms with Crippen LogP contribution in [0.2, 0.25) is 0 Å². The van der Waals surface area contributed by atoms with E-state index in [4.69, 9.17) is 29.2 Å². The topological polar surface area (TPSA) is 26.3 Å². The van der Waals surface area contributed by atoms with Crippen molar-refractivity contribution in [2.75, 3.05) is 6.61 Å². The van der Waals surface area contributed by atoms with Crippen molar-refractivity contribution in [2.45, 2.75) is 31.3 Å². The van der Waals surface area contributed by atoms with E-state index in [1.165, 1.54) is 11.8 Å². The van der Waals surface area contributed by atoms with Crippen LogP contribution in [0.4, 0.5) is 0 Å². The number of esters is 1. The van der Waals surface area contributed by atoms with Gasteiger partial charge in [0, 0.05) is 5.25 Å². The van der Waals surface area contributed by atoms with E-state index in [0.29, 0.717) is 16.1 Å². The Hall–Kier alpha value is -1.99. The zero-order valence-corrected chi connectivity index (χ0v) is 22.2. The van der Waals surface area contributed by atoms with Gasteiger partial charge < -0.3 is 4.74 Å². The molecule has 0 N–H and O–H groups in total. The van der Waals surface area contributed by atoms with Gasteiger partial charge in [0.15, 0.2) is 0 Å². The van der Waals surface area contributed by atoms with Crippen LogP contribution in [0, 0.1) is 0 Å². The molecule has 0 spiro atoms. The number of hydrogen-bond acceptors (Lipinski definition) is 6. The summed E-state index contributed by atoms with van der Waals surface area (Å²) in [6.45, 7) is 6.47. The van der Waals surface area contributed by atoms with Crippen molar-refractivity contribution < 1.29 is 9.53 Å². The normalized spacial score (nSPS) is 11.2. The molecule has 33 heavy (non-hydrogen) atoms. The molecule has 172 valence electrons. The van der Waals surface area contributed by atoms with Crippen molar-refractivity contribution in [2.24, 2.45) is 0 Å². The summed E-state index contributed by atoms with van der Waals surface area (Å²) in [5.41, 5.74) is 3.01. The van der Waals surface area contributed by atoms with Crippen LogP contribution in [-0.2, 0) is 9.53 Å². The lowest BCUT2D eigenvalue weighted by atomic mass is 10.1. The fourth-order valence-corrected chi connectivity index (χ4v) is 5.49. The monoisotopic (exact) mass is 512 g/mol. The van der Waals surface area contributed by atoms with Gasteiger partial charge in [-0.15, -0.1) is 11.8 Å². The summed E-state index contributed by atoms with van der Waals surface area (Å²) in [6, 6.07) is 29.4. The summed E-state index contributed by atoms with van der Waals surface area (Å²) in [6.07, 6.45) is 0. The SMILES string of the molecule is CC(C)SC(=S)c1ccccc1.CCOC(=O)C(SC(=S)c1ccccc1)c1ccccc1. The van der Waals surface area contributed by atoms with Crippen molar-refractivity contribution in [3.63, 3.8) is 0 Å². The second-order valence-electron chi connectivity index (χ2n) is 7.13. The molecule has 0 aliphatic carbocycles. The average Bonchev–Trinajstić information content (AvgIpc) is 2.84. The van der Waals surface area contributed by atoms with Crippen LogP contribution in [0.15, 0.2) is 91.0 Å². The first-order valence-electron chi connectivity index (χ1n) is 10.7. The quantitative estimate of drug-likeness (QED) is 0.236. The second-order valence-corrected chi connectivity index (χ2v) is 11.2. The van der Waals surface area contributed by atoms with Crippen molar-refractivity contribution >= 4 is 62.3 Å². The van der Waals surface area contributed by atoms with E-state index in [0.717, 1.165) is 20.9 Å². The Kier molecular flexibility index (Phi) is 12.4.